The minimum Gasteiger partial charge on any atom is -0.465 e. The van der Waals surface area contributed by atoms with E-state index >= 15 is 0 Å². The first-order valence-corrected chi connectivity index (χ1v) is 6.21. The van der Waals surface area contributed by atoms with E-state index in [-0.39, 0.29) is 5.97 Å². The van der Waals surface area contributed by atoms with Crippen molar-refractivity contribution in [2.24, 2.45) is 10.5 Å². The third-order valence-corrected chi connectivity index (χ3v) is 4.44. The molecule has 1 aliphatic carbocycles. The summed E-state index contributed by atoms with van der Waals surface area (Å²) in [4.78, 5) is 15.0. The molecule has 0 amide bonds. The van der Waals surface area contributed by atoms with Gasteiger partial charge in [0.2, 0.25) is 0 Å². The summed E-state index contributed by atoms with van der Waals surface area (Å²) in [5, 5.41) is 6.77. The second kappa shape index (κ2) is 3.60. The Kier molecular flexibility index (Phi) is 2.35. The van der Waals surface area contributed by atoms with Gasteiger partial charge in [0.15, 0.2) is 0 Å². The van der Waals surface area contributed by atoms with Gasteiger partial charge in [-0.2, -0.15) is 0 Å². The average Bonchev–Trinajstić information content (AvgIpc) is 2.73. The van der Waals surface area contributed by atoms with Crippen molar-refractivity contribution in [3.8, 4) is 0 Å². The Morgan fingerprint density at radius 2 is 2.28 bits per heavy atom. The maximum absolute atomic E-state index is 12.2. The van der Waals surface area contributed by atoms with Gasteiger partial charge >= 0.3 is 5.97 Å². The molecular formula is C11H16N4O3. The van der Waals surface area contributed by atoms with Crippen molar-refractivity contribution in [2.45, 2.75) is 31.0 Å². The van der Waals surface area contributed by atoms with Gasteiger partial charge in [0, 0.05) is 18.0 Å². The van der Waals surface area contributed by atoms with Crippen LogP contribution in [0.2, 0.25) is 0 Å². The van der Waals surface area contributed by atoms with E-state index in [1.807, 2.05) is 6.92 Å². The van der Waals surface area contributed by atoms with Crippen molar-refractivity contribution < 1.29 is 14.3 Å². The second-order valence-electron chi connectivity index (χ2n) is 5.43. The van der Waals surface area contributed by atoms with Crippen LogP contribution in [0.4, 0.5) is 0 Å². The summed E-state index contributed by atoms with van der Waals surface area (Å²) in [6, 6.07) is 0. The zero-order valence-electron chi connectivity index (χ0n) is 10.3. The monoisotopic (exact) mass is 252 g/mol. The first-order chi connectivity index (χ1) is 8.62. The molecule has 0 atom stereocenters. The predicted molar refractivity (Wildman–Crippen MR) is 61.7 cm³/mol. The van der Waals surface area contributed by atoms with Gasteiger partial charge in [-0.15, -0.1) is 0 Å². The van der Waals surface area contributed by atoms with Crippen LogP contribution in [-0.4, -0.2) is 43.4 Å². The van der Waals surface area contributed by atoms with Gasteiger partial charge in [0.1, 0.15) is 11.0 Å². The van der Waals surface area contributed by atoms with Crippen LogP contribution in [0.3, 0.4) is 0 Å². The summed E-state index contributed by atoms with van der Waals surface area (Å²) in [5.41, 5.74) is 7.00. The molecule has 7 nitrogen and oxygen atoms in total. The topological polar surface area (TPSA) is 96.3 Å². The summed E-state index contributed by atoms with van der Waals surface area (Å²) in [6.45, 7) is 3.83. The molecule has 3 aliphatic heterocycles. The lowest BCUT2D eigenvalue weighted by Crippen LogP contribution is -2.68. The highest BCUT2D eigenvalue weighted by Gasteiger charge is 2.80. The van der Waals surface area contributed by atoms with Gasteiger partial charge in [-0.3, -0.25) is 4.79 Å². The standard InChI is InChI=1S/C11H16N4O3/c1-2-17-8(16)10-3-9(4-10,5-14-15-12)18-11(10)6-13-7-11/h13H,2-7H2,1H3. The van der Waals surface area contributed by atoms with Crippen molar-refractivity contribution in [3.63, 3.8) is 0 Å². The fourth-order valence-corrected chi connectivity index (χ4v) is 3.62. The van der Waals surface area contributed by atoms with E-state index in [1.54, 1.807) is 0 Å². The minimum absolute atomic E-state index is 0.166. The Morgan fingerprint density at radius 3 is 2.78 bits per heavy atom. The van der Waals surface area contributed by atoms with Crippen LogP contribution in [0.15, 0.2) is 5.11 Å². The van der Waals surface area contributed by atoms with Crippen molar-refractivity contribution in [1.29, 1.82) is 0 Å². The number of nitrogens with zero attached hydrogens (tertiary/aromatic N) is 3. The van der Waals surface area contributed by atoms with E-state index < -0.39 is 16.6 Å². The van der Waals surface area contributed by atoms with Crippen LogP contribution < -0.4 is 5.32 Å². The Bertz CT molecular complexity index is 434. The van der Waals surface area contributed by atoms with E-state index in [1.165, 1.54) is 0 Å². The fraction of sp³-hybridized carbons (Fsp3) is 0.909. The highest BCUT2D eigenvalue weighted by molar-refractivity contribution is 5.82. The molecule has 2 bridgehead atoms. The minimum atomic E-state index is -0.529. The summed E-state index contributed by atoms with van der Waals surface area (Å²) in [6.07, 6.45) is 1.22. The van der Waals surface area contributed by atoms with Crippen LogP contribution in [0.1, 0.15) is 19.8 Å². The smallest absolute Gasteiger partial charge is 0.315 e. The fourth-order valence-electron chi connectivity index (χ4n) is 3.62. The second-order valence-corrected chi connectivity index (χ2v) is 5.43. The number of carbonyl (C=O) groups is 1. The first kappa shape index (κ1) is 11.8. The van der Waals surface area contributed by atoms with E-state index in [4.69, 9.17) is 15.0 Å². The number of carbonyl (C=O) groups excluding carboxylic acids is 1. The summed E-state index contributed by atoms with van der Waals surface area (Å²) in [5.74, 6) is -0.166. The Hall–Kier alpha value is -1.30. The zero-order valence-corrected chi connectivity index (χ0v) is 10.3. The molecule has 3 saturated heterocycles. The van der Waals surface area contributed by atoms with Gasteiger partial charge < -0.3 is 14.8 Å². The number of esters is 1. The molecule has 1 saturated carbocycles. The van der Waals surface area contributed by atoms with Crippen molar-refractivity contribution in [2.75, 3.05) is 26.2 Å². The van der Waals surface area contributed by atoms with Gasteiger partial charge in [0.05, 0.1) is 18.8 Å². The molecule has 0 unspecified atom stereocenters. The number of nitrogens with one attached hydrogen (secondary N) is 1. The van der Waals surface area contributed by atoms with Crippen molar-refractivity contribution >= 4 is 5.97 Å². The largest absolute Gasteiger partial charge is 0.465 e. The first-order valence-electron chi connectivity index (χ1n) is 6.21. The van der Waals surface area contributed by atoms with Crippen LogP contribution in [0, 0.1) is 5.41 Å². The number of azide groups is 1. The number of ether oxygens (including phenoxy) is 2. The molecule has 0 radical (unpaired) electrons. The maximum Gasteiger partial charge on any atom is 0.315 e. The predicted octanol–water partition coefficient (Wildman–Crippen LogP) is 0.751. The molecule has 0 aromatic heterocycles. The molecule has 4 rings (SSSR count). The van der Waals surface area contributed by atoms with Crippen LogP contribution in [0.5, 0.6) is 0 Å². The van der Waals surface area contributed by atoms with Gasteiger partial charge in [-0.05, 0) is 25.3 Å². The van der Waals surface area contributed by atoms with E-state index in [9.17, 15) is 4.79 Å². The number of hydrogen-bond donors (Lipinski definition) is 1. The molecule has 3 heterocycles. The number of hydrogen-bond acceptors (Lipinski definition) is 5. The summed E-state index contributed by atoms with van der Waals surface area (Å²) >= 11 is 0. The molecule has 4 fully saturated rings. The Balaban J connectivity index is 1.84. The molecule has 1 N–H and O–H groups in total. The van der Waals surface area contributed by atoms with Crippen molar-refractivity contribution in [1.82, 2.24) is 5.32 Å². The van der Waals surface area contributed by atoms with Gasteiger partial charge in [0.25, 0.3) is 0 Å². The third kappa shape index (κ3) is 1.21. The highest BCUT2D eigenvalue weighted by atomic mass is 16.6. The van der Waals surface area contributed by atoms with E-state index in [0.29, 0.717) is 39.1 Å². The van der Waals surface area contributed by atoms with Crippen LogP contribution >= 0.6 is 0 Å². The van der Waals surface area contributed by atoms with E-state index in [2.05, 4.69) is 15.3 Å². The summed E-state index contributed by atoms with van der Waals surface area (Å²) in [7, 11) is 0. The Morgan fingerprint density at radius 1 is 1.56 bits per heavy atom. The molecule has 18 heavy (non-hydrogen) atoms. The number of rotatable bonds is 4. The van der Waals surface area contributed by atoms with Crippen LogP contribution in [-0.2, 0) is 14.3 Å². The van der Waals surface area contributed by atoms with E-state index in [0.717, 1.165) is 0 Å². The quantitative estimate of drug-likeness (QED) is 0.345. The third-order valence-electron chi connectivity index (χ3n) is 4.44. The molecular weight excluding hydrogens is 236 g/mol. The van der Waals surface area contributed by atoms with Gasteiger partial charge in [-0.25, -0.2) is 0 Å². The normalized spacial score (nSPS) is 38.5. The highest BCUT2D eigenvalue weighted by Crippen LogP contribution is 2.68. The molecule has 98 valence electrons. The molecule has 0 aromatic carbocycles. The average molecular weight is 252 g/mol. The van der Waals surface area contributed by atoms with Crippen LogP contribution in [0.25, 0.3) is 10.4 Å². The SMILES string of the molecule is CCOC(=O)C12CC(CN=[N+]=[N-])(C1)OC21CNC1. The van der Waals surface area contributed by atoms with Gasteiger partial charge in [-0.1, -0.05) is 5.11 Å². The molecule has 7 heteroatoms. The molecule has 1 spiro atoms. The van der Waals surface area contributed by atoms with Crippen molar-refractivity contribution in [3.05, 3.63) is 10.4 Å². The molecule has 0 aromatic rings. The lowest BCUT2D eigenvalue weighted by molar-refractivity contribution is -0.167. The zero-order chi connectivity index (χ0) is 12.9. The lowest BCUT2D eigenvalue weighted by Gasteiger charge is -2.49. The lowest BCUT2D eigenvalue weighted by atomic mass is 9.54. The molecule has 4 aliphatic rings. The summed E-state index contributed by atoms with van der Waals surface area (Å²) < 4.78 is 11.3. The maximum atomic E-state index is 12.2. The Labute approximate surface area is 104 Å².